The molecule has 1 heterocycles. The summed E-state index contributed by atoms with van der Waals surface area (Å²) in [7, 11) is 5.44. The van der Waals surface area contributed by atoms with Gasteiger partial charge in [0.25, 0.3) is 0 Å². The third kappa shape index (κ3) is 2.79. The van der Waals surface area contributed by atoms with E-state index in [2.05, 4.69) is 18.8 Å². The highest BCUT2D eigenvalue weighted by molar-refractivity contribution is 6.33. The van der Waals surface area contributed by atoms with E-state index in [9.17, 15) is 0 Å². The maximum absolute atomic E-state index is 5.93. The summed E-state index contributed by atoms with van der Waals surface area (Å²) in [5, 5.41) is 0. The van der Waals surface area contributed by atoms with Gasteiger partial charge in [0, 0.05) is 25.7 Å². The normalized spacial score (nSPS) is 20.1. The lowest BCUT2D eigenvalue weighted by Crippen LogP contribution is -2.28. The van der Waals surface area contributed by atoms with Crippen LogP contribution in [-0.4, -0.2) is 46.1 Å². The van der Waals surface area contributed by atoms with E-state index in [1.807, 2.05) is 6.07 Å². The third-order valence-electron chi connectivity index (χ3n) is 3.54. The molecular formula is C13H21BN2O2. The Morgan fingerprint density at radius 2 is 2.00 bits per heavy atom. The molecule has 0 radical (unpaired) electrons. The number of methoxy groups -OCH3 is 2. The number of nitrogens with zero attached hydrogens (tertiary/aromatic N) is 1. The van der Waals surface area contributed by atoms with Crippen LogP contribution in [0.3, 0.4) is 0 Å². The molecular weight excluding hydrogens is 227 g/mol. The Morgan fingerprint density at radius 1 is 1.33 bits per heavy atom. The van der Waals surface area contributed by atoms with Crippen LogP contribution in [0.5, 0.6) is 11.5 Å². The van der Waals surface area contributed by atoms with Crippen molar-refractivity contribution in [1.29, 1.82) is 0 Å². The minimum atomic E-state index is 0.324. The van der Waals surface area contributed by atoms with Crippen molar-refractivity contribution in [3.63, 3.8) is 0 Å². The molecule has 1 aliphatic heterocycles. The highest BCUT2D eigenvalue weighted by Crippen LogP contribution is 2.27. The second-order valence-corrected chi connectivity index (χ2v) is 4.92. The van der Waals surface area contributed by atoms with Crippen LogP contribution in [0.25, 0.3) is 0 Å². The first-order valence-electron chi connectivity index (χ1n) is 6.33. The minimum Gasteiger partial charge on any atom is -0.493 e. The first-order valence-corrected chi connectivity index (χ1v) is 6.33. The van der Waals surface area contributed by atoms with Crippen molar-refractivity contribution in [3.8, 4) is 11.5 Å². The zero-order valence-electron chi connectivity index (χ0n) is 11.4. The summed E-state index contributed by atoms with van der Waals surface area (Å²) in [4.78, 5) is 2.39. The van der Waals surface area contributed by atoms with Gasteiger partial charge in [-0.2, -0.15) is 0 Å². The highest BCUT2D eigenvalue weighted by atomic mass is 16.5. The van der Waals surface area contributed by atoms with Crippen molar-refractivity contribution < 1.29 is 9.47 Å². The average molecular weight is 248 g/mol. The molecule has 0 amide bonds. The van der Waals surface area contributed by atoms with Gasteiger partial charge in [0.2, 0.25) is 0 Å². The van der Waals surface area contributed by atoms with Crippen molar-refractivity contribution in [3.05, 3.63) is 17.7 Å². The molecule has 0 aromatic heterocycles. The van der Waals surface area contributed by atoms with Crippen molar-refractivity contribution in [1.82, 2.24) is 4.90 Å². The molecule has 1 aromatic rings. The Bertz CT molecular complexity index is 426. The maximum atomic E-state index is 5.93. The minimum absolute atomic E-state index is 0.324. The van der Waals surface area contributed by atoms with Crippen LogP contribution < -0.4 is 20.7 Å². The van der Waals surface area contributed by atoms with Crippen LogP contribution in [-0.2, 0) is 6.54 Å². The van der Waals surface area contributed by atoms with Gasteiger partial charge in [-0.05, 0) is 24.1 Å². The van der Waals surface area contributed by atoms with E-state index >= 15 is 0 Å². The molecule has 1 aromatic carbocycles. The SMILES string of the molecule is Bc1cc(OC)c(OC)cc1CN1CCC(N)C1. The second kappa shape index (κ2) is 5.63. The number of rotatable bonds is 4. The van der Waals surface area contributed by atoms with Gasteiger partial charge in [-0.15, -0.1) is 0 Å². The van der Waals surface area contributed by atoms with E-state index in [1.54, 1.807) is 14.2 Å². The summed E-state index contributed by atoms with van der Waals surface area (Å²) in [6.07, 6.45) is 1.09. The zero-order chi connectivity index (χ0) is 13.1. The number of hydrogen-bond acceptors (Lipinski definition) is 4. The Balaban J connectivity index is 2.17. The second-order valence-electron chi connectivity index (χ2n) is 4.92. The Labute approximate surface area is 109 Å². The van der Waals surface area contributed by atoms with Crippen LogP contribution in [0.15, 0.2) is 12.1 Å². The van der Waals surface area contributed by atoms with Gasteiger partial charge in [0.15, 0.2) is 11.5 Å². The number of likely N-dealkylation sites (tertiary alicyclic amines) is 1. The Hall–Kier alpha value is -1.20. The average Bonchev–Trinajstić information content (AvgIpc) is 2.77. The van der Waals surface area contributed by atoms with Crippen molar-refractivity contribution in [2.45, 2.75) is 19.0 Å². The van der Waals surface area contributed by atoms with Gasteiger partial charge < -0.3 is 15.2 Å². The molecule has 1 atom stereocenters. The quantitative estimate of drug-likeness (QED) is 0.729. The lowest BCUT2D eigenvalue weighted by atomic mass is 9.89. The fourth-order valence-corrected chi connectivity index (χ4v) is 2.44. The fourth-order valence-electron chi connectivity index (χ4n) is 2.44. The van der Waals surface area contributed by atoms with Gasteiger partial charge >= 0.3 is 0 Å². The molecule has 98 valence electrons. The summed E-state index contributed by atoms with van der Waals surface area (Å²) in [6.45, 7) is 2.99. The standard InChI is InChI=1S/C13H21BN2O2/c1-17-12-5-9(11(14)6-13(12)18-2)7-16-4-3-10(15)8-16/h5-6,10H,3-4,7-8,14-15H2,1-2H3. The first kappa shape index (κ1) is 13.2. The van der Waals surface area contributed by atoms with Crippen molar-refractivity contribution >= 4 is 13.3 Å². The van der Waals surface area contributed by atoms with E-state index < -0.39 is 0 Å². The molecule has 2 N–H and O–H groups in total. The van der Waals surface area contributed by atoms with Crippen LogP contribution >= 0.6 is 0 Å². The van der Waals surface area contributed by atoms with Gasteiger partial charge in [-0.3, -0.25) is 4.90 Å². The van der Waals surface area contributed by atoms with Gasteiger partial charge in [0.1, 0.15) is 7.85 Å². The number of ether oxygens (including phenoxy) is 2. The molecule has 4 nitrogen and oxygen atoms in total. The molecule has 1 saturated heterocycles. The number of hydrogen-bond donors (Lipinski definition) is 1. The molecule has 18 heavy (non-hydrogen) atoms. The predicted molar refractivity (Wildman–Crippen MR) is 75.6 cm³/mol. The lowest BCUT2D eigenvalue weighted by molar-refractivity contribution is 0.324. The fraction of sp³-hybridized carbons (Fsp3) is 0.538. The van der Waals surface area contributed by atoms with E-state index in [1.165, 1.54) is 11.0 Å². The summed E-state index contributed by atoms with van der Waals surface area (Å²) < 4.78 is 10.6. The molecule has 1 unspecified atom stereocenters. The summed E-state index contributed by atoms with van der Waals surface area (Å²) in [5.74, 6) is 1.58. The van der Waals surface area contributed by atoms with Gasteiger partial charge in [-0.25, -0.2) is 0 Å². The monoisotopic (exact) mass is 248 g/mol. The topological polar surface area (TPSA) is 47.7 Å². The Morgan fingerprint density at radius 3 is 2.56 bits per heavy atom. The molecule has 0 aliphatic carbocycles. The highest BCUT2D eigenvalue weighted by Gasteiger charge is 2.20. The Kier molecular flexibility index (Phi) is 4.14. The first-order chi connectivity index (χ1) is 8.63. The molecule has 1 fully saturated rings. The summed E-state index contributed by atoms with van der Waals surface area (Å²) in [6, 6.07) is 4.42. The maximum Gasteiger partial charge on any atom is 0.160 e. The van der Waals surface area contributed by atoms with Crippen molar-refractivity contribution in [2.75, 3.05) is 27.3 Å². The molecule has 0 saturated carbocycles. The lowest BCUT2D eigenvalue weighted by Gasteiger charge is -2.18. The number of benzene rings is 1. The van der Waals surface area contributed by atoms with Gasteiger partial charge in [0.05, 0.1) is 14.2 Å². The number of nitrogens with two attached hydrogens (primary N) is 1. The summed E-state index contributed by atoms with van der Waals surface area (Å²) in [5.41, 5.74) is 8.44. The van der Waals surface area contributed by atoms with E-state index in [0.29, 0.717) is 6.04 Å². The van der Waals surface area contributed by atoms with E-state index in [0.717, 1.165) is 37.6 Å². The van der Waals surface area contributed by atoms with E-state index in [-0.39, 0.29) is 0 Å². The summed E-state index contributed by atoms with van der Waals surface area (Å²) >= 11 is 0. The molecule has 5 heteroatoms. The zero-order valence-corrected chi connectivity index (χ0v) is 11.4. The van der Waals surface area contributed by atoms with Crippen LogP contribution in [0.2, 0.25) is 0 Å². The molecule has 1 aliphatic rings. The molecule has 0 bridgehead atoms. The van der Waals surface area contributed by atoms with Crippen LogP contribution in [0, 0.1) is 0 Å². The van der Waals surface area contributed by atoms with Crippen LogP contribution in [0.4, 0.5) is 0 Å². The van der Waals surface area contributed by atoms with Crippen molar-refractivity contribution in [2.24, 2.45) is 5.73 Å². The third-order valence-corrected chi connectivity index (χ3v) is 3.54. The smallest absolute Gasteiger partial charge is 0.160 e. The van der Waals surface area contributed by atoms with Crippen LogP contribution in [0.1, 0.15) is 12.0 Å². The largest absolute Gasteiger partial charge is 0.493 e. The van der Waals surface area contributed by atoms with E-state index in [4.69, 9.17) is 15.2 Å². The predicted octanol–water partition coefficient (Wildman–Crippen LogP) is -0.505. The van der Waals surface area contributed by atoms with Gasteiger partial charge in [-0.1, -0.05) is 5.46 Å². The molecule has 0 spiro atoms. The molecule has 2 rings (SSSR count).